The van der Waals surface area contributed by atoms with Crippen LogP contribution in [-0.2, 0) is 0 Å². The van der Waals surface area contributed by atoms with Crippen molar-refractivity contribution in [2.45, 2.75) is 0 Å². The third-order valence-corrected chi connectivity index (χ3v) is 2.10. The number of aromatic amines is 1. The van der Waals surface area contributed by atoms with Gasteiger partial charge < -0.3 is 4.98 Å². The predicted octanol–water partition coefficient (Wildman–Crippen LogP) is 3.41. The van der Waals surface area contributed by atoms with Gasteiger partial charge >= 0.3 is 0 Å². The van der Waals surface area contributed by atoms with Crippen LogP contribution in [0.5, 0.6) is 0 Å². The van der Waals surface area contributed by atoms with E-state index < -0.39 is 0 Å². The van der Waals surface area contributed by atoms with E-state index in [0.29, 0.717) is 0 Å². The lowest BCUT2D eigenvalue weighted by atomic mass is 10.2. The number of aromatic nitrogens is 1. The summed E-state index contributed by atoms with van der Waals surface area (Å²) >= 11 is 0. The average molecular weight is 196 g/mol. The summed E-state index contributed by atoms with van der Waals surface area (Å²) in [4.78, 5) is 7.40. The van der Waals surface area contributed by atoms with Crippen LogP contribution in [-0.4, -0.2) is 11.2 Å². The normalized spacial score (nSPS) is 10.7. The Hall–Kier alpha value is -2.09. The van der Waals surface area contributed by atoms with Crippen molar-refractivity contribution < 1.29 is 0 Å². The van der Waals surface area contributed by atoms with E-state index in [4.69, 9.17) is 0 Å². The largest absolute Gasteiger partial charge is 0.360 e. The Morgan fingerprint density at radius 2 is 1.93 bits per heavy atom. The quantitative estimate of drug-likeness (QED) is 0.729. The van der Waals surface area contributed by atoms with E-state index in [1.807, 2.05) is 54.9 Å². The van der Waals surface area contributed by atoms with Crippen molar-refractivity contribution in [2.24, 2.45) is 4.99 Å². The molecule has 15 heavy (non-hydrogen) atoms. The first kappa shape index (κ1) is 9.46. The summed E-state index contributed by atoms with van der Waals surface area (Å²) in [6.45, 7) is 3.70. The summed E-state index contributed by atoms with van der Waals surface area (Å²) in [5, 5.41) is 0. The van der Waals surface area contributed by atoms with Gasteiger partial charge in [-0.2, -0.15) is 0 Å². The average Bonchev–Trinajstić information content (AvgIpc) is 2.80. The molecule has 0 aliphatic heterocycles. The lowest BCUT2D eigenvalue weighted by Crippen LogP contribution is -1.78. The summed E-state index contributed by atoms with van der Waals surface area (Å²) in [6, 6.07) is 11.8. The molecular formula is C13H12N2. The van der Waals surface area contributed by atoms with Gasteiger partial charge in [-0.15, -0.1) is 0 Å². The van der Waals surface area contributed by atoms with Crippen molar-refractivity contribution in [1.29, 1.82) is 0 Å². The van der Waals surface area contributed by atoms with E-state index >= 15 is 0 Å². The first-order valence-corrected chi connectivity index (χ1v) is 4.78. The molecule has 1 heterocycles. The maximum Gasteiger partial charge on any atom is 0.0630 e. The van der Waals surface area contributed by atoms with Gasteiger partial charge in [0.25, 0.3) is 0 Å². The topological polar surface area (TPSA) is 28.1 Å². The van der Waals surface area contributed by atoms with E-state index in [1.54, 1.807) is 0 Å². The van der Waals surface area contributed by atoms with Crippen LogP contribution in [0.4, 0.5) is 5.69 Å². The second-order valence-corrected chi connectivity index (χ2v) is 3.18. The van der Waals surface area contributed by atoms with Gasteiger partial charge in [0, 0.05) is 6.20 Å². The highest BCUT2D eigenvalue weighted by atomic mass is 14.8. The van der Waals surface area contributed by atoms with Gasteiger partial charge in [-0.1, -0.05) is 24.8 Å². The van der Waals surface area contributed by atoms with Crippen molar-refractivity contribution in [3.8, 4) is 0 Å². The van der Waals surface area contributed by atoms with Gasteiger partial charge in [0.15, 0.2) is 0 Å². The Bertz CT molecular complexity index is 450. The Morgan fingerprint density at radius 3 is 2.53 bits per heavy atom. The molecule has 0 amide bonds. The van der Waals surface area contributed by atoms with Crippen molar-refractivity contribution in [3.05, 3.63) is 60.4 Å². The van der Waals surface area contributed by atoms with E-state index in [0.717, 1.165) is 16.9 Å². The molecule has 0 bridgehead atoms. The van der Waals surface area contributed by atoms with Crippen molar-refractivity contribution >= 4 is 18.0 Å². The fraction of sp³-hybridized carbons (Fsp3) is 0. The molecule has 0 saturated heterocycles. The number of benzene rings is 1. The highest BCUT2D eigenvalue weighted by Crippen LogP contribution is 2.13. The van der Waals surface area contributed by atoms with Crippen molar-refractivity contribution in [2.75, 3.05) is 0 Å². The fourth-order valence-electron chi connectivity index (χ4n) is 1.27. The van der Waals surface area contributed by atoms with Crippen LogP contribution in [0.25, 0.3) is 6.08 Å². The van der Waals surface area contributed by atoms with E-state index in [-0.39, 0.29) is 0 Å². The second-order valence-electron chi connectivity index (χ2n) is 3.18. The van der Waals surface area contributed by atoms with Crippen molar-refractivity contribution in [1.82, 2.24) is 4.98 Å². The van der Waals surface area contributed by atoms with Gasteiger partial charge in [-0.25, -0.2) is 0 Å². The van der Waals surface area contributed by atoms with E-state index in [1.165, 1.54) is 0 Å². The molecule has 0 fully saturated rings. The molecule has 0 aliphatic rings. The number of hydrogen-bond donors (Lipinski definition) is 1. The summed E-state index contributed by atoms with van der Waals surface area (Å²) in [7, 11) is 0. The molecular weight excluding hydrogens is 184 g/mol. The molecule has 0 atom stereocenters. The van der Waals surface area contributed by atoms with Gasteiger partial charge in [-0.05, 0) is 29.8 Å². The fourth-order valence-corrected chi connectivity index (χ4v) is 1.27. The molecule has 0 unspecified atom stereocenters. The van der Waals surface area contributed by atoms with Gasteiger partial charge in [0.2, 0.25) is 0 Å². The van der Waals surface area contributed by atoms with Gasteiger partial charge in [0.1, 0.15) is 0 Å². The zero-order valence-electron chi connectivity index (χ0n) is 8.35. The zero-order valence-corrected chi connectivity index (χ0v) is 8.35. The summed E-state index contributed by atoms with van der Waals surface area (Å²) in [6.07, 6.45) is 5.50. The van der Waals surface area contributed by atoms with Crippen LogP contribution in [0.1, 0.15) is 11.3 Å². The Kier molecular flexibility index (Phi) is 2.79. The monoisotopic (exact) mass is 196 g/mol. The molecule has 74 valence electrons. The Morgan fingerprint density at radius 1 is 1.13 bits per heavy atom. The summed E-state index contributed by atoms with van der Waals surface area (Å²) in [5.41, 5.74) is 3.05. The van der Waals surface area contributed by atoms with E-state index in [2.05, 4.69) is 16.6 Å². The third kappa shape index (κ3) is 2.44. The molecule has 0 saturated carbocycles. The number of hydrogen-bond acceptors (Lipinski definition) is 1. The van der Waals surface area contributed by atoms with Crippen LogP contribution in [0.3, 0.4) is 0 Å². The predicted molar refractivity (Wildman–Crippen MR) is 64.6 cm³/mol. The molecule has 0 aliphatic carbocycles. The summed E-state index contributed by atoms with van der Waals surface area (Å²) in [5.74, 6) is 0. The highest BCUT2D eigenvalue weighted by molar-refractivity contribution is 5.79. The van der Waals surface area contributed by atoms with Gasteiger partial charge in [-0.3, -0.25) is 4.99 Å². The van der Waals surface area contributed by atoms with Gasteiger partial charge in [0.05, 0.1) is 17.6 Å². The van der Waals surface area contributed by atoms with Crippen molar-refractivity contribution in [3.63, 3.8) is 0 Å². The van der Waals surface area contributed by atoms with Crippen LogP contribution in [0.15, 0.2) is 54.2 Å². The minimum atomic E-state index is 0.940. The smallest absolute Gasteiger partial charge is 0.0630 e. The number of nitrogens with zero attached hydrogens (tertiary/aromatic N) is 1. The Labute approximate surface area is 89.0 Å². The van der Waals surface area contributed by atoms with Crippen LogP contribution in [0.2, 0.25) is 0 Å². The second kappa shape index (κ2) is 4.42. The molecule has 1 aromatic carbocycles. The molecule has 2 heteroatoms. The molecule has 2 nitrogen and oxygen atoms in total. The minimum Gasteiger partial charge on any atom is -0.360 e. The minimum absolute atomic E-state index is 0.940. The molecule has 1 aromatic heterocycles. The van der Waals surface area contributed by atoms with Crippen LogP contribution >= 0.6 is 0 Å². The first-order valence-electron chi connectivity index (χ1n) is 4.78. The third-order valence-electron chi connectivity index (χ3n) is 2.10. The maximum absolute atomic E-state index is 4.33. The maximum atomic E-state index is 4.33. The SMILES string of the molecule is C=Cc1ccc(/N=C/c2ccc[nH]2)cc1. The molecule has 0 radical (unpaired) electrons. The Balaban J connectivity index is 2.14. The van der Waals surface area contributed by atoms with E-state index in [9.17, 15) is 0 Å². The number of rotatable bonds is 3. The lowest BCUT2D eigenvalue weighted by Gasteiger charge is -1.94. The molecule has 2 rings (SSSR count). The zero-order chi connectivity index (χ0) is 10.5. The first-order chi connectivity index (χ1) is 7.38. The highest BCUT2D eigenvalue weighted by Gasteiger charge is 1.89. The number of aliphatic imine (C=N–C) groups is 1. The molecule has 1 N–H and O–H groups in total. The number of H-pyrrole nitrogens is 1. The standard InChI is InChI=1S/C13H12N2/c1-2-11-5-7-12(8-6-11)15-10-13-4-3-9-14-13/h2-10,14H,1H2/b15-10+. The van der Waals surface area contributed by atoms with Crippen LogP contribution in [0, 0.1) is 0 Å². The van der Waals surface area contributed by atoms with Crippen LogP contribution < -0.4 is 0 Å². The number of nitrogens with one attached hydrogen (secondary N) is 1. The molecule has 2 aromatic rings. The lowest BCUT2D eigenvalue weighted by molar-refractivity contribution is 1.38. The molecule has 0 spiro atoms. The summed E-state index contributed by atoms with van der Waals surface area (Å²) < 4.78 is 0.